The van der Waals surface area contributed by atoms with E-state index >= 15 is 0 Å². The highest BCUT2D eigenvalue weighted by Crippen LogP contribution is 2.40. The second-order valence-electron chi connectivity index (χ2n) is 13.5. The number of aliphatic imine (C=N–C) groups is 2. The second-order valence-corrected chi connectivity index (χ2v) is 13.5. The summed E-state index contributed by atoms with van der Waals surface area (Å²) >= 11 is 0. The standard InChI is InChI=1S/C46H31N5O/c1-2-12-30(13-3-1)43-48-44(31-23-22-29-21-20-28-11-4-5-14-33(28)37(29)25-31)50-45(49-43)38-26-32(27-41-42(38)36-17-10-24-47-46(36)52-41)51-39-18-8-6-15-34(39)35-16-7-9-19-40(35)51/h1-23,25-27,43,47H,24H2,(H,48,49,50). The molecule has 52 heavy (non-hydrogen) atoms. The van der Waals surface area contributed by atoms with Crippen molar-refractivity contribution >= 4 is 78.0 Å². The van der Waals surface area contributed by atoms with Crippen LogP contribution in [0, 0.1) is 0 Å². The molecule has 6 nitrogen and oxygen atoms in total. The maximum atomic E-state index is 6.61. The predicted octanol–water partition coefficient (Wildman–Crippen LogP) is 10.8. The van der Waals surface area contributed by atoms with Crippen molar-refractivity contribution in [3.8, 4) is 5.69 Å². The van der Waals surface area contributed by atoms with E-state index in [1.54, 1.807) is 0 Å². The fraction of sp³-hybridized carbons (Fsp3) is 0.0435. The Hall–Kier alpha value is -6.92. The molecular weight excluding hydrogens is 639 g/mol. The van der Waals surface area contributed by atoms with Gasteiger partial charge in [-0.2, -0.15) is 0 Å². The van der Waals surface area contributed by atoms with Gasteiger partial charge in [-0.1, -0.05) is 127 Å². The molecule has 0 fully saturated rings. The number of fused-ring (bicyclic) bond motifs is 9. The van der Waals surface area contributed by atoms with Gasteiger partial charge in [-0.25, -0.2) is 9.98 Å². The SMILES string of the molecule is C1=Cc2c(oc3cc(-n4c5ccccc5c5ccccc54)cc(C4=NC(c5ccc6ccc7ccccc7c6c5)=NC(c5ccccc5)N4)c23)NC1. The molecule has 0 aliphatic carbocycles. The number of nitrogens with zero attached hydrogens (tertiary/aromatic N) is 3. The quantitative estimate of drug-likeness (QED) is 0.183. The van der Waals surface area contributed by atoms with Gasteiger partial charge in [-0.3, -0.25) is 0 Å². The van der Waals surface area contributed by atoms with Gasteiger partial charge in [0.05, 0.1) is 16.7 Å². The Labute approximate surface area is 299 Å². The van der Waals surface area contributed by atoms with Crippen LogP contribution in [0.3, 0.4) is 0 Å². The molecule has 2 aromatic heterocycles. The highest BCUT2D eigenvalue weighted by atomic mass is 16.3. The molecule has 9 aromatic rings. The smallest absolute Gasteiger partial charge is 0.201 e. The van der Waals surface area contributed by atoms with E-state index in [9.17, 15) is 0 Å². The van der Waals surface area contributed by atoms with Gasteiger partial charge in [0.25, 0.3) is 0 Å². The van der Waals surface area contributed by atoms with Gasteiger partial charge >= 0.3 is 0 Å². The summed E-state index contributed by atoms with van der Waals surface area (Å²) in [5.74, 6) is 2.19. The fourth-order valence-electron chi connectivity index (χ4n) is 8.04. The number of benzene rings is 7. The van der Waals surface area contributed by atoms with Crippen LogP contribution in [0.4, 0.5) is 5.88 Å². The van der Waals surface area contributed by atoms with Crippen molar-refractivity contribution in [3.05, 3.63) is 174 Å². The van der Waals surface area contributed by atoms with Crippen LogP contribution in [0.2, 0.25) is 0 Å². The molecule has 0 saturated carbocycles. The third-order valence-corrected chi connectivity index (χ3v) is 10.4. The maximum absolute atomic E-state index is 6.61. The number of para-hydroxylation sites is 2. The number of anilines is 1. The van der Waals surface area contributed by atoms with Crippen molar-refractivity contribution in [2.24, 2.45) is 9.98 Å². The first-order valence-corrected chi connectivity index (χ1v) is 17.7. The zero-order chi connectivity index (χ0) is 34.2. The summed E-state index contributed by atoms with van der Waals surface area (Å²) < 4.78 is 8.94. The summed E-state index contributed by atoms with van der Waals surface area (Å²) in [7, 11) is 0. The van der Waals surface area contributed by atoms with E-state index in [-0.39, 0.29) is 6.17 Å². The van der Waals surface area contributed by atoms with Crippen molar-refractivity contribution in [3.63, 3.8) is 0 Å². The molecule has 11 rings (SSSR count). The minimum absolute atomic E-state index is 0.352. The summed E-state index contributed by atoms with van der Waals surface area (Å²) in [4.78, 5) is 10.6. The number of amidine groups is 2. The molecule has 1 atom stereocenters. The Morgan fingerprint density at radius 3 is 2.15 bits per heavy atom. The lowest BCUT2D eigenvalue weighted by molar-refractivity contribution is 0.627. The Kier molecular flexibility index (Phi) is 6.28. The number of aromatic nitrogens is 1. The molecule has 0 radical (unpaired) electrons. The van der Waals surface area contributed by atoms with Crippen LogP contribution < -0.4 is 10.6 Å². The van der Waals surface area contributed by atoms with Crippen molar-refractivity contribution in [1.29, 1.82) is 0 Å². The van der Waals surface area contributed by atoms with Crippen molar-refractivity contribution < 1.29 is 4.42 Å². The van der Waals surface area contributed by atoms with E-state index in [4.69, 9.17) is 14.4 Å². The van der Waals surface area contributed by atoms with Crippen LogP contribution in [-0.4, -0.2) is 22.8 Å². The summed E-state index contributed by atoms with van der Waals surface area (Å²) in [5, 5.41) is 15.4. The lowest BCUT2D eigenvalue weighted by Crippen LogP contribution is -2.33. The third kappa shape index (κ3) is 4.44. The molecule has 0 amide bonds. The summed E-state index contributed by atoms with van der Waals surface area (Å²) in [6, 6.07) is 51.4. The van der Waals surface area contributed by atoms with Crippen molar-refractivity contribution in [2.75, 3.05) is 11.9 Å². The van der Waals surface area contributed by atoms with Gasteiger partial charge in [0.2, 0.25) is 5.88 Å². The molecule has 7 aromatic carbocycles. The Morgan fingerprint density at radius 2 is 1.35 bits per heavy atom. The predicted molar refractivity (Wildman–Crippen MR) is 215 cm³/mol. The highest BCUT2D eigenvalue weighted by Gasteiger charge is 2.27. The molecular formula is C46H31N5O. The number of rotatable bonds is 4. The van der Waals surface area contributed by atoms with Gasteiger partial charge in [-0.15, -0.1) is 0 Å². The average molecular weight is 670 g/mol. The molecule has 2 N–H and O–H groups in total. The van der Waals surface area contributed by atoms with Crippen LogP contribution in [-0.2, 0) is 0 Å². The maximum Gasteiger partial charge on any atom is 0.201 e. The first-order chi connectivity index (χ1) is 25.8. The van der Waals surface area contributed by atoms with E-state index in [1.165, 1.54) is 32.3 Å². The van der Waals surface area contributed by atoms with E-state index in [2.05, 4.69) is 167 Å². The fourth-order valence-corrected chi connectivity index (χ4v) is 8.04. The van der Waals surface area contributed by atoms with Crippen molar-refractivity contribution in [1.82, 2.24) is 9.88 Å². The summed E-state index contributed by atoms with van der Waals surface area (Å²) in [5.41, 5.74) is 8.06. The van der Waals surface area contributed by atoms with Crippen LogP contribution in [0.1, 0.15) is 28.4 Å². The van der Waals surface area contributed by atoms with Gasteiger partial charge < -0.3 is 19.6 Å². The molecule has 0 spiro atoms. The first kappa shape index (κ1) is 28.9. The van der Waals surface area contributed by atoms with Gasteiger partial charge in [0, 0.05) is 45.5 Å². The normalized spacial score (nSPS) is 15.5. The number of furan rings is 1. The van der Waals surface area contributed by atoms with Crippen LogP contribution >= 0.6 is 0 Å². The third-order valence-electron chi connectivity index (χ3n) is 10.4. The minimum Gasteiger partial charge on any atom is -0.440 e. The number of hydrogen-bond donors (Lipinski definition) is 2. The van der Waals surface area contributed by atoms with E-state index in [1.807, 2.05) is 6.07 Å². The van der Waals surface area contributed by atoms with E-state index in [0.717, 1.165) is 61.7 Å². The Balaban J connectivity index is 1.17. The zero-order valence-electron chi connectivity index (χ0n) is 28.0. The van der Waals surface area contributed by atoms with Crippen LogP contribution in [0.25, 0.3) is 66.1 Å². The number of hydrogen-bond acceptors (Lipinski definition) is 5. The van der Waals surface area contributed by atoms with Crippen LogP contribution in [0.5, 0.6) is 0 Å². The second kappa shape index (κ2) is 11.3. The summed E-state index contributed by atoms with van der Waals surface area (Å²) in [6.07, 6.45) is 3.94. The van der Waals surface area contributed by atoms with Gasteiger partial charge in [0.15, 0.2) is 5.84 Å². The molecule has 0 bridgehead atoms. The zero-order valence-corrected chi connectivity index (χ0v) is 28.0. The average Bonchev–Trinajstić information content (AvgIpc) is 3.76. The lowest BCUT2D eigenvalue weighted by Gasteiger charge is -2.24. The lowest BCUT2D eigenvalue weighted by atomic mass is 9.99. The molecule has 0 saturated heterocycles. The Bertz CT molecular complexity index is 2950. The topological polar surface area (TPSA) is 66.8 Å². The highest BCUT2D eigenvalue weighted by molar-refractivity contribution is 6.20. The van der Waals surface area contributed by atoms with Gasteiger partial charge in [-0.05, 0) is 51.4 Å². The van der Waals surface area contributed by atoms with E-state index < -0.39 is 0 Å². The molecule has 2 aliphatic heterocycles. The molecule has 6 heteroatoms. The van der Waals surface area contributed by atoms with Crippen molar-refractivity contribution in [2.45, 2.75) is 6.17 Å². The van der Waals surface area contributed by atoms with Gasteiger partial charge in [0.1, 0.15) is 17.6 Å². The minimum atomic E-state index is -0.352. The monoisotopic (exact) mass is 669 g/mol. The van der Waals surface area contributed by atoms with Crippen LogP contribution in [0.15, 0.2) is 166 Å². The first-order valence-electron chi connectivity index (χ1n) is 17.7. The molecule has 1 unspecified atom stereocenters. The Morgan fingerprint density at radius 1 is 0.654 bits per heavy atom. The molecule has 246 valence electrons. The largest absolute Gasteiger partial charge is 0.440 e. The molecule has 2 aliphatic rings. The van der Waals surface area contributed by atoms with E-state index in [0.29, 0.717) is 12.4 Å². The molecule has 4 heterocycles. The summed E-state index contributed by atoms with van der Waals surface area (Å²) in [6.45, 7) is 0.713. The number of nitrogens with one attached hydrogen (secondary N) is 2.